The number of hydrogen-bond donors (Lipinski definition) is 2. The molecule has 8 heteroatoms. The number of hydrogen-bond acceptors (Lipinski definition) is 7. The number of carbonyl (C=O) groups excluding carboxylic acids is 1. The maximum atomic E-state index is 12.3. The van der Waals surface area contributed by atoms with Gasteiger partial charge < -0.3 is 20.3 Å². The van der Waals surface area contributed by atoms with E-state index in [1.807, 2.05) is 27.8 Å². The van der Waals surface area contributed by atoms with Gasteiger partial charge in [-0.05, 0) is 64.5 Å². The van der Waals surface area contributed by atoms with E-state index < -0.39 is 5.60 Å². The van der Waals surface area contributed by atoms with Crippen molar-refractivity contribution in [1.29, 1.82) is 0 Å². The van der Waals surface area contributed by atoms with Crippen molar-refractivity contribution < 1.29 is 9.53 Å². The molecule has 29 heavy (non-hydrogen) atoms. The van der Waals surface area contributed by atoms with Crippen molar-refractivity contribution in [3.05, 3.63) is 16.8 Å². The molecule has 2 aromatic rings. The molecule has 2 aromatic heterocycles. The van der Waals surface area contributed by atoms with Gasteiger partial charge in [0.1, 0.15) is 11.4 Å². The fourth-order valence-electron chi connectivity index (χ4n) is 4.21. The summed E-state index contributed by atoms with van der Waals surface area (Å²) in [6, 6.07) is 0.0835. The first-order chi connectivity index (χ1) is 13.7. The number of rotatable bonds is 3. The zero-order valence-electron chi connectivity index (χ0n) is 17.9. The van der Waals surface area contributed by atoms with Crippen molar-refractivity contribution in [3.63, 3.8) is 0 Å². The Hall–Kier alpha value is -2.64. The average Bonchev–Trinajstić information content (AvgIpc) is 3.29. The maximum absolute atomic E-state index is 12.3. The number of likely N-dealkylation sites (tertiary alicyclic amines) is 1. The summed E-state index contributed by atoms with van der Waals surface area (Å²) in [5.74, 6) is 1.34. The molecule has 0 spiro atoms. The fraction of sp³-hybridized carbons (Fsp3) is 0.619. The predicted octanol–water partition coefficient (Wildman–Crippen LogP) is 3.28. The summed E-state index contributed by atoms with van der Waals surface area (Å²) < 4.78 is 5.48. The molecule has 4 rings (SSSR count). The number of fused-ring (bicyclic) bond motifs is 2. The molecule has 1 saturated heterocycles. The lowest BCUT2D eigenvalue weighted by molar-refractivity contribution is 0.0293. The lowest BCUT2D eigenvalue weighted by Crippen LogP contribution is -2.36. The topological polar surface area (TPSA) is 92.3 Å². The summed E-state index contributed by atoms with van der Waals surface area (Å²) in [5.41, 5.74) is 3.98. The Labute approximate surface area is 171 Å². The van der Waals surface area contributed by atoms with Gasteiger partial charge in [0.05, 0.1) is 5.39 Å². The van der Waals surface area contributed by atoms with Crippen LogP contribution in [-0.2, 0) is 17.6 Å². The number of amides is 1. The number of pyridine rings is 1. The van der Waals surface area contributed by atoms with Gasteiger partial charge in [0.2, 0.25) is 5.95 Å². The van der Waals surface area contributed by atoms with Crippen molar-refractivity contribution in [1.82, 2.24) is 19.9 Å². The van der Waals surface area contributed by atoms with E-state index in [0.717, 1.165) is 42.5 Å². The van der Waals surface area contributed by atoms with Crippen molar-refractivity contribution in [2.75, 3.05) is 30.8 Å². The Morgan fingerprint density at radius 2 is 2.00 bits per heavy atom. The second-order valence-corrected chi connectivity index (χ2v) is 8.92. The van der Waals surface area contributed by atoms with E-state index in [-0.39, 0.29) is 12.1 Å². The van der Waals surface area contributed by atoms with Gasteiger partial charge in [-0.3, -0.25) is 0 Å². The SMILES string of the molecule is CNc1nc(N[C@@H]2CCN(C(=O)OC(C)(C)C)C2)nc2nc3c(c(C)c12)CCC3. The van der Waals surface area contributed by atoms with Gasteiger partial charge in [-0.25, -0.2) is 9.78 Å². The molecule has 1 aliphatic carbocycles. The molecule has 1 amide bonds. The quantitative estimate of drug-likeness (QED) is 0.819. The smallest absolute Gasteiger partial charge is 0.410 e. The van der Waals surface area contributed by atoms with Crippen LogP contribution in [-0.4, -0.2) is 57.7 Å². The molecule has 1 aliphatic heterocycles. The Bertz CT molecular complexity index is 953. The molecule has 2 N–H and O–H groups in total. The van der Waals surface area contributed by atoms with Crippen LogP contribution >= 0.6 is 0 Å². The summed E-state index contributed by atoms with van der Waals surface area (Å²) in [7, 11) is 1.87. The minimum Gasteiger partial charge on any atom is -0.444 e. The van der Waals surface area contributed by atoms with Crippen molar-refractivity contribution in [2.45, 2.75) is 65.0 Å². The summed E-state index contributed by atoms with van der Waals surface area (Å²) in [6.07, 6.45) is 3.80. The van der Waals surface area contributed by atoms with Crippen LogP contribution in [0.4, 0.5) is 16.6 Å². The number of anilines is 2. The van der Waals surface area contributed by atoms with Gasteiger partial charge >= 0.3 is 6.09 Å². The van der Waals surface area contributed by atoms with Gasteiger partial charge in [0.15, 0.2) is 5.65 Å². The third kappa shape index (κ3) is 3.93. The van der Waals surface area contributed by atoms with Crippen LogP contribution in [0.25, 0.3) is 11.0 Å². The minimum absolute atomic E-state index is 0.0835. The second-order valence-electron chi connectivity index (χ2n) is 8.92. The molecule has 2 aliphatic rings. The van der Waals surface area contributed by atoms with Crippen molar-refractivity contribution in [2.24, 2.45) is 0 Å². The van der Waals surface area contributed by atoms with E-state index in [2.05, 4.69) is 17.6 Å². The number of carbonyl (C=O) groups is 1. The highest BCUT2D eigenvalue weighted by molar-refractivity contribution is 5.91. The van der Waals surface area contributed by atoms with E-state index in [1.54, 1.807) is 4.90 Å². The Balaban J connectivity index is 1.55. The summed E-state index contributed by atoms with van der Waals surface area (Å²) in [5, 5.41) is 7.60. The van der Waals surface area contributed by atoms with Crippen molar-refractivity contribution in [3.8, 4) is 0 Å². The molecular weight excluding hydrogens is 368 g/mol. The van der Waals surface area contributed by atoms with Crippen LogP contribution in [0.3, 0.4) is 0 Å². The van der Waals surface area contributed by atoms with Crippen LogP contribution in [0.5, 0.6) is 0 Å². The summed E-state index contributed by atoms with van der Waals surface area (Å²) in [4.78, 5) is 28.3. The average molecular weight is 399 g/mol. The number of nitrogens with one attached hydrogen (secondary N) is 2. The van der Waals surface area contributed by atoms with Gasteiger partial charge in [0.25, 0.3) is 0 Å². The van der Waals surface area contributed by atoms with Crippen LogP contribution in [0.2, 0.25) is 0 Å². The van der Waals surface area contributed by atoms with Crippen LogP contribution in [0.1, 0.15) is 50.4 Å². The molecule has 0 bridgehead atoms. The van der Waals surface area contributed by atoms with Gasteiger partial charge in [-0.1, -0.05) is 0 Å². The molecule has 156 valence electrons. The molecule has 1 atom stereocenters. The summed E-state index contributed by atoms with van der Waals surface area (Å²) in [6.45, 7) is 9.01. The molecule has 1 fully saturated rings. The standard InChI is InChI=1S/C21H30N6O2/c1-12-14-7-6-8-15(14)24-18-16(12)17(22-5)25-19(26-18)23-13-9-10-27(11-13)20(28)29-21(2,3)4/h13H,6-11H2,1-5H3,(H2,22,23,24,25,26)/t13-/m1/s1. The van der Waals surface area contributed by atoms with Crippen LogP contribution < -0.4 is 10.6 Å². The predicted molar refractivity (Wildman–Crippen MR) is 113 cm³/mol. The third-order valence-corrected chi connectivity index (χ3v) is 5.56. The molecule has 8 nitrogen and oxygen atoms in total. The lowest BCUT2D eigenvalue weighted by Gasteiger charge is -2.24. The van der Waals surface area contributed by atoms with Gasteiger partial charge in [-0.15, -0.1) is 0 Å². The third-order valence-electron chi connectivity index (χ3n) is 5.56. The van der Waals surface area contributed by atoms with Gasteiger partial charge in [-0.2, -0.15) is 9.97 Å². The molecule has 0 aromatic carbocycles. The highest BCUT2D eigenvalue weighted by Crippen LogP contribution is 2.32. The molecule has 0 radical (unpaired) electrons. The maximum Gasteiger partial charge on any atom is 0.410 e. The normalized spacial score (nSPS) is 18.8. The van der Waals surface area contributed by atoms with Crippen LogP contribution in [0, 0.1) is 6.92 Å². The molecular formula is C21H30N6O2. The molecule has 0 unspecified atom stereocenters. The van der Waals surface area contributed by atoms with E-state index in [9.17, 15) is 4.79 Å². The zero-order valence-corrected chi connectivity index (χ0v) is 17.9. The van der Waals surface area contributed by atoms with E-state index in [0.29, 0.717) is 19.0 Å². The van der Waals surface area contributed by atoms with Gasteiger partial charge in [0, 0.05) is 31.9 Å². The minimum atomic E-state index is -0.491. The Kier molecular flexibility index (Phi) is 4.96. The number of aromatic nitrogens is 3. The number of nitrogens with zero attached hydrogens (tertiary/aromatic N) is 4. The monoisotopic (exact) mass is 398 g/mol. The largest absolute Gasteiger partial charge is 0.444 e. The highest BCUT2D eigenvalue weighted by Gasteiger charge is 2.30. The lowest BCUT2D eigenvalue weighted by atomic mass is 10.1. The number of ether oxygens (including phenoxy) is 1. The van der Waals surface area contributed by atoms with Crippen LogP contribution in [0.15, 0.2) is 0 Å². The zero-order chi connectivity index (χ0) is 20.8. The molecule has 3 heterocycles. The van der Waals surface area contributed by atoms with Crippen molar-refractivity contribution >= 4 is 28.9 Å². The first-order valence-electron chi connectivity index (χ1n) is 10.4. The highest BCUT2D eigenvalue weighted by atomic mass is 16.6. The Morgan fingerprint density at radius 1 is 1.21 bits per heavy atom. The second kappa shape index (κ2) is 7.31. The van der Waals surface area contributed by atoms with E-state index in [4.69, 9.17) is 19.7 Å². The van der Waals surface area contributed by atoms with E-state index in [1.165, 1.54) is 16.8 Å². The first-order valence-corrected chi connectivity index (χ1v) is 10.4. The summed E-state index contributed by atoms with van der Waals surface area (Å²) >= 11 is 0. The Morgan fingerprint density at radius 3 is 2.72 bits per heavy atom. The fourth-order valence-corrected chi connectivity index (χ4v) is 4.21. The first kappa shape index (κ1) is 19.7. The number of aryl methyl sites for hydroxylation is 2. The molecule has 0 saturated carbocycles. The van der Waals surface area contributed by atoms with E-state index >= 15 is 0 Å².